The van der Waals surface area contributed by atoms with Crippen LogP contribution in [0.25, 0.3) is 0 Å². The largest absolute Gasteiger partial charge is 0.497 e. The van der Waals surface area contributed by atoms with Gasteiger partial charge in [-0.15, -0.1) is 0 Å². The summed E-state index contributed by atoms with van der Waals surface area (Å²) in [5.74, 6) is 0.751. The summed E-state index contributed by atoms with van der Waals surface area (Å²) in [7, 11) is 1.58. The molecule has 0 radical (unpaired) electrons. The van der Waals surface area contributed by atoms with Gasteiger partial charge in [0.05, 0.1) is 7.11 Å². The molecule has 2 aromatic rings. The lowest BCUT2D eigenvalue weighted by atomic mass is 10.1. The monoisotopic (exact) mass is 432 g/mol. The Morgan fingerprint density at radius 1 is 1.07 bits per heavy atom. The van der Waals surface area contributed by atoms with Crippen LogP contribution in [0.1, 0.15) is 32.8 Å². The van der Waals surface area contributed by atoms with Crippen molar-refractivity contribution in [2.75, 3.05) is 13.7 Å². The first kappa shape index (κ1) is 23.5. The van der Waals surface area contributed by atoms with Crippen LogP contribution >= 0.6 is 11.6 Å². The summed E-state index contributed by atoms with van der Waals surface area (Å²) in [5, 5.41) is 3.44. The maximum Gasteiger partial charge on any atom is 0.261 e. The molecule has 0 saturated carbocycles. The van der Waals surface area contributed by atoms with Crippen LogP contribution in [0.3, 0.4) is 0 Å². The van der Waals surface area contributed by atoms with Crippen molar-refractivity contribution < 1.29 is 19.1 Å². The first-order valence-electron chi connectivity index (χ1n) is 9.95. The number of halogens is 1. The zero-order chi connectivity index (χ0) is 22.1. The van der Waals surface area contributed by atoms with E-state index in [1.165, 1.54) is 4.90 Å². The molecule has 7 heteroatoms. The van der Waals surface area contributed by atoms with Crippen LogP contribution in [-0.2, 0) is 16.1 Å². The zero-order valence-corrected chi connectivity index (χ0v) is 18.6. The Bertz CT molecular complexity index is 839. The first-order valence-corrected chi connectivity index (χ1v) is 10.3. The fourth-order valence-electron chi connectivity index (χ4n) is 3.01. The van der Waals surface area contributed by atoms with Crippen LogP contribution in [0, 0.1) is 0 Å². The fraction of sp³-hybridized carbons (Fsp3) is 0.391. The van der Waals surface area contributed by atoms with E-state index in [2.05, 4.69) is 5.32 Å². The van der Waals surface area contributed by atoms with Crippen molar-refractivity contribution in [2.45, 2.75) is 45.8 Å². The second-order valence-electron chi connectivity index (χ2n) is 7.16. The Balaban J connectivity index is 2.20. The minimum atomic E-state index is -0.629. The maximum absolute atomic E-state index is 13.1. The molecule has 162 valence electrons. The molecule has 0 spiro atoms. The van der Waals surface area contributed by atoms with Gasteiger partial charge in [0.25, 0.3) is 5.91 Å². The third kappa shape index (κ3) is 6.66. The second-order valence-corrected chi connectivity index (χ2v) is 7.57. The molecule has 30 heavy (non-hydrogen) atoms. The number of carbonyl (C=O) groups excluding carboxylic acids is 2. The summed E-state index contributed by atoms with van der Waals surface area (Å²) in [6.07, 6.45) is 0.470. The molecule has 1 N–H and O–H groups in total. The maximum atomic E-state index is 13.1. The second kappa shape index (κ2) is 11.5. The van der Waals surface area contributed by atoms with Crippen molar-refractivity contribution in [1.29, 1.82) is 0 Å². The predicted octanol–water partition coefficient (Wildman–Crippen LogP) is 4.06. The summed E-state index contributed by atoms with van der Waals surface area (Å²) in [4.78, 5) is 27.4. The zero-order valence-electron chi connectivity index (χ0n) is 17.9. The molecular formula is C23H29ClN2O4. The van der Waals surface area contributed by atoms with Gasteiger partial charge in [0.1, 0.15) is 17.5 Å². The van der Waals surface area contributed by atoms with E-state index in [9.17, 15) is 9.59 Å². The van der Waals surface area contributed by atoms with Gasteiger partial charge in [-0.05, 0) is 56.2 Å². The molecule has 0 heterocycles. The van der Waals surface area contributed by atoms with Crippen LogP contribution in [0.2, 0.25) is 5.02 Å². The van der Waals surface area contributed by atoms with Crippen LogP contribution in [-0.4, -0.2) is 42.5 Å². The number of hydrogen-bond donors (Lipinski definition) is 1. The van der Waals surface area contributed by atoms with Gasteiger partial charge in [0.15, 0.2) is 6.61 Å². The SMILES string of the molecule is CC[C@H](C(=O)NC(C)C)N(Cc1ccccc1Cl)C(=O)COc1ccc(OC)cc1. The molecule has 0 bridgehead atoms. The number of methoxy groups -OCH3 is 1. The van der Waals surface area contributed by atoms with Gasteiger partial charge in [-0.2, -0.15) is 0 Å². The number of rotatable bonds is 10. The Labute approximate surface area is 183 Å². The summed E-state index contributed by atoms with van der Waals surface area (Å²) in [6.45, 7) is 5.67. The van der Waals surface area contributed by atoms with E-state index in [0.717, 1.165) is 5.56 Å². The van der Waals surface area contributed by atoms with Crippen LogP contribution < -0.4 is 14.8 Å². The summed E-state index contributed by atoms with van der Waals surface area (Å²) in [5.41, 5.74) is 0.771. The Morgan fingerprint density at radius 2 is 1.70 bits per heavy atom. The van der Waals surface area contributed by atoms with Gasteiger partial charge in [-0.3, -0.25) is 9.59 Å². The molecule has 0 aromatic heterocycles. The lowest BCUT2D eigenvalue weighted by Crippen LogP contribution is -2.51. The van der Waals surface area contributed by atoms with E-state index in [1.807, 2.05) is 39.0 Å². The van der Waals surface area contributed by atoms with Crippen molar-refractivity contribution in [2.24, 2.45) is 0 Å². The number of nitrogens with zero attached hydrogens (tertiary/aromatic N) is 1. The van der Waals surface area contributed by atoms with Crippen molar-refractivity contribution in [3.8, 4) is 11.5 Å². The lowest BCUT2D eigenvalue weighted by molar-refractivity contribution is -0.143. The Morgan fingerprint density at radius 3 is 2.27 bits per heavy atom. The smallest absolute Gasteiger partial charge is 0.261 e. The number of carbonyl (C=O) groups is 2. The van der Waals surface area contributed by atoms with Crippen LogP contribution in [0.4, 0.5) is 0 Å². The Kier molecular flexibility index (Phi) is 8.99. The molecule has 2 rings (SSSR count). The molecule has 6 nitrogen and oxygen atoms in total. The van der Waals surface area contributed by atoms with Gasteiger partial charge in [-0.1, -0.05) is 36.7 Å². The molecule has 0 aliphatic heterocycles. The fourth-order valence-corrected chi connectivity index (χ4v) is 3.21. The van der Waals surface area contributed by atoms with Gasteiger partial charge in [0.2, 0.25) is 5.91 Å². The minimum absolute atomic E-state index is 0.0284. The number of benzene rings is 2. The third-order valence-corrected chi connectivity index (χ3v) is 4.91. The summed E-state index contributed by atoms with van der Waals surface area (Å²) < 4.78 is 10.8. The molecule has 0 saturated heterocycles. The highest BCUT2D eigenvalue weighted by atomic mass is 35.5. The molecule has 0 unspecified atom stereocenters. The molecule has 2 amide bonds. The molecule has 0 aliphatic carbocycles. The third-order valence-electron chi connectivity index (χ3n) is 4.54. The number of amides is 2. The van der Waals surface area contributed by atoms with E-state index < -0.39 is 6.04 Å². The van der Waals surface area contributed by atoms with Gasteiger partial charge in [-0.25, -0.2) is 0 Å². The molecule has 0 aliphatic rings. The highest BCUT2D eigenvalue weighted by Gasteiger charge is 2.29. The average molecular weight is 433 g/mol. The highest BCUT2D eigenvalue weighted by molar-refractivity contribution is 6.31. The van der Waals surface area contributed by atoms with Crippen molar-refractivity contribution >= 4 is 23.4 Å². The topological polar surface area (TPSA) is 67.9 Å². The number of hydrogen-bond acceptors (Lipinski definition) is 4. The van der Waals surface area contributed by atoms with E-state index in [-0.39, 0.29) is 31.0 Å². The van der Waals surface area contributed by atoms with Crippen LogP contribution in [0.5, 0.6) is 11.5 Å². The van der Waals surface area contributed by atoms with E-state index in [0.29, 0.717) is 22.9 Å². The molecule has 2 aromatic carbocycles. The molecule has 0 fully saturated rings. The lowest BCUT2D eigenvalue weighted by Gasteiger charge is -2.31. The normalized spacial score (nSPS) is 11.7. The van der Waals surface area contributed by atoms with E-state index >= 15 is 0 Å². The van der Waals surface area contributed by atoms with Crippen molar-refractivity contribution in [1.82, 2.24) is 10.2 Å². The molecule has 1 atom stereocenters. The average Bonchev–Trinajstić information content (AvgIpc) is 2.73. The van der Waals surface area contributed by atoms with Crippen molar-refractivity contribution in [3.05, 3.63) is 59.1 Å². The van der Waals surface area contributed by atoms with E-state index in [1.54, 1.807) is 37.4 Å². The quantitative estimate of drug-likeness (QED) is 0.614. The van der Waals surface area contributed by atoms with Crippen LogP contribution in [0.15, 0.2) is 48.5 Å². The summed E-state index contributed by atoms with van der Waals surface area (Å²) >= 11 is 6.30. The highest BCUT2D eigenvalue weighted by Crippen LogP contribution is 2.21. The number of ether oxygens (including phenoxy) is 2. The number of nitrogens with one attached hydrogen (secondary N) is 1. The predicted molar refractivity (Wildman–Crippen MR) is 118 cm³/mol. The standard InChI is InChI=1S/C23H29ClN2O4/c1-5-21(23(28)25-16(2)3)26(14-17-8-6-7-9-20(17)24)22(27)15-30-19-12-10-18(29-4)11-13-19/h6-13,16,21H,5,14-15H2,1-4H3,(H,25,28)/t21-/m1/s1. The van der Waals surface area contributed by atoms with E-state index in [4.69, 9.17) is 21.1 Å². The van der Waals surface area contributed by atoms with Crippen molar-refractivity contribution in [3.63, 3.8) is 0 Å². The summed E-state index contributed by atoms with van der Waals surface area (Å²) in [6, 6.07) is 13.6. The van der Waals surface area contributed by atoms with Gasteiger partial charge in [0, 0.05) is 17.6 Å². The molecular weight excluding hydrogens is 404 g/mol. The Hall–Kier alpha value is -2.73. The van der Waals surface area contributed by atoms with Gasteiger partial charge < -0.3 is 19.7 Å². The van der Waals surface area contributed by atoms with Gasteiger partial charge >= 0.3 is 0 Å². The first-order chi connectivity index (χ1) is 14.3. The minimum Gasteiger partial charge on any atom is -0.497 e.